The molecular weight excluding hydrogens is 312 g/mol. The summed E-state index contributed by atoms with van der Waals surface area (Å²) in [5, 5.41) is 5.64. The summed E-state index contributed by atoms with van der Waals surface area (Å²) in [5.74, 6) is 0.345. The van der Waals surface area contributed by atoms with Crippen molar-refractivity contribution >= 4 is 17.5 Å². The first-order valence-corrected chi connectivity index (χ1v) is 8.79. The molecule has 2 N–H and O–H groups in total. The van der Waals surface area contributed by atoms with Crippen molar-refractivity contribution in [2.75, 3.05) is 11.9 Å². The van der Waals surface area contributed by atoms with Gasteiger partial charge in [-0.05, 0) is 35.6 Å². The molecule has 1 atom stereocenters. The zero-order chi connectivity index (χ0) is 18.1. The monoisotopic (exact) mass is 338 g/mol. The average Bonchev–Trinajstić information content (AvgIpc) is 2.62. The van der Waals surface area contributed by atoms with Crippen LogP contribution in [0.3, 0.4) is 0 Å². The quantitative estimate of drug-likeness (QED) is 0.767. The molecule has 2 aromatic carbocycles. The van der Waals surface area contributed by atoms with Crippen molar-refractivity contribution in [1.82, 2.24) is 5.32 Å². The molecule has 0 aliphatic heterocycles. The Hall–Kier alpha value is -2.62. The summed E-state index contributed by atoms with van der Waals surface area (Å²) >= 11 is 0. The lowest BCUT2D eigenvalue weighted by atomic mass is 9.99. The van der Waals surface area contributed by atoms with Crippen molar-refractivity contribution in [3.63, 3.8) is 0 Å². The SMILES string of the molecule is CCC(C)c1ccc(NC(=O)CCNC(=O)Cc2ccccc2)cc1. The van der Waals surface area contributed by atoms with Gasteiger partial charge in [-0.25, -0.2) is 0 Å². The van der Waals surface area contributed by atoms with Gasteiger partial charge in [-0.15, -0.1) is 0 Å². The van der Waals surface area contributed by atoms with Crippen molar-refractivity contribution in [3.05, 3.63) is 65.7 Å². The lowest BCUT2D eigenvalue weighted by Crippen LogP contribution is -2.28. The zero-order valence-corrected chi connectivity index (χ0v) is 14.9. The molecular formula is C21H26N2O2. The van der Waals surface area contributed by atoms with Crippen LogP contribution in [0.1, 0.15) is 43.7 Å². The Kier molecular flexibility index (Phi) is 7.20. The summed E-state index contributed by atoms with van der Waals surface area (Å²) in [5.41, 5.74) is 3.02. The van der Waals surface area contributed by atoms with Gasteiger partial charge in [0, 0.05) is 18.7 Å². The van der Waals surface area contributed by atoms with Gasteiger partial charge in [0.2, 0.25) is 11.8 Å². The minimum Gasteiger partial charge on any atom is -0.355 e. The van der Waals surface area contributed by atoms with Crippen LogP contribution in [0.5, 0.6) is 0 Å². The van der Waals surface area contributed by atoms with Crippen LogP contribution in [0.4, 0.5) is 5.69 Å². The summed E-state index contributed by atoms with van der Waals surface area (Å²) in [6, 6.07) is 17.5. The van der Waals surface area contributed by atoms with Gasteiger partial charge < -0.3 is 10.6 Å². The summed E-state index contributed by atoms with van der Waals surface area (Å²) in [4.78, 5) is 23.8. The molecule has 2 amide bonds. The molecule has 0 fully saturated rings. The van der Waals surface area contributed by atoms with Gasteiger partial charge in [0.15, 0.2) is 0 Å². The first-order valence-electron chi connectivity index (χ1n) is 8.79. The highest BCUT2D eigenvalue weighted by atomic mass is 16.2. The van der Waals surface area contributed by atoms with E-state index >= 15 is 0 Å². The fourth-order valence-electron chi connectivity index (χ4n) is 2.51. The van der Waals surface area contributed by atoms with Crippen LogP contribution in [0.15, 0.2) is 54.6 Å². The van der Waals surface area contributed by atoms with E-state index in [1.807, 2.05) is 54.6 Å². The van der Waals surface area contributed by atoms with Crippen LogP contribution in [0.25, 0.3) is 0 Å². The van der Waals surface area contributed by atoms with Gasteiger partial charge in [-0.3, -0.25) is 9.59 Å². The van der Waals surface area contributed by atoms with Gasteiger partial charge in [0.25, 0.3) is 0 Å². The molecule has 0 saturated carbocycles. The number of benzene rings is 2. The third-order valence-electron chi connectivity index (χ3n) is 4.26. The van der Waals surface area contributed by atoms with Gasteiger partial charge >= 0.3 is 0 Å². The Morgan fingerprint density at radius 1 is 0.960 bits per heavy atom. The maximum Gasteiger partial charge on any atom is 0.226 e. The lowest BCUT2D eigenvalue weighted by Gasteiger charge is -2.11. The predicted molar refractivity (Wildman–Crippen MR) is 102 cm³/mol. The number of nitrogens with one attached hydrogen (secondary N) is 2. The largest absolute Gasteiger partial charge is 0.355 e. The summed E-state index contributed by atoms with van der Waals surface area (Å²) < 4.78 is 0. The summed E-state index contributed by atoms with van der Waals surface area (Å²) in [6.07, 6.45) is 1.68. The number of amides is 2. The molecule has 0 aliphatic rings. The second-order valence-corrected chi connectivity index (χ2v) is 6.24. The third-order valence-corrected chi connectivity index (χ3v) is 4.26. The Morgan fingerprint density at radius 2 is 1.64 bits per heavy atom. The van der Waals surface area contributed by atoms with Crippen LogP contribution in [-0.2, 0) is 16.0 Å². The second kappa shape index (κ2) is 9.62. The van der Waals surface area contributed by atoms with Crippen molar-refractivity contribution in [2.45, 2.75) is 39.0 Å². The highest BCUT2D eigenvalue weighted by molar-refractivity contribution is 5.91. The fourth-order valence-corrected chi connectivity index (χ4v) is 2.51. The standard InChI is InChI=1S/C21H26N2O2/c1-3-16(2)18-9-11-19(12-10-18)23-20(24)13-14-22-21(25)15-17-7-5-4-6-8-17/h4-12,16H,3,13-15H2,1-2H3,(H,22,25)(H,23,24). The summed E-state index contributed by atoms with van der Waals surface area (Å²) in [7, 11) is 0. The van der Waals surface area contributed by atoms with Crippen molar-refractivity contribution < 1.29 is 9.59 Å². The van der Waals surface area contributed by atoms with E-state index in [4.69, 9.17) is 0 Å². The molecule has 0 radical (unpaired) electrons. The molecule has 4 heteroatoms. The lowest BCUT2D eigenvalue weighted by molar-refractivity contribution is -0.120. The van der Waals surface area contributed by atoms with E-state index in [0.29, 0.717) is 18.9 Å². The number of rotatable bonds is 8. The number of carbonyl (C=O) groups is 2. The van der Waals surface area contributed by atoms with E-state index in [0.717, 1.165) is 17.7 Å². The Labute approximate surface area is 149 Å². The zero-order valence-electron chi connectivity index (χ0n) is 14.9. The minimum atomic E-state index is -0.101. The van der Waals surface area contributed by atoms with Gasteiger partial charge in [-0.2, -0.15) is 0 Å². The van der Waals surface area contributed by atoms with E-state index in [2.05, 4.69) is 24.5 Å². The van der Waals surface area contributed by atoms with Crippen LogP contribution in [0.2, 0.25) is 0 Å². The molecule has 1 unspecified atom stereocenters. The highest BCUT2D eigenvalue weighted by Crippen LogP contribution is 2.20. The van der Waals surface area contributed by atoms with E-state index < -0.39 is 0 Å². The minimum absolute atomic E-state index is 0.0723. The molecule has 2 aromatic rings. The molecule has 4 nitrogen and oxygen atoms in total. The van der Waals surface area contributed by atoms with E-state index in [1.165, 1.54) is 5.56 Å². The maximum absolute atomic E-state index is 12.0. The van der Waals surface area contributed by atoms with Crippen LogP contribution >= 0.6 is 0 Å². The normalized spacial score (nSPS) is 11.6. The first-order chi connectivity index (χ1) is 12.1. The fraction of sp³-hybridized carbons (Fsp3) is 0.333. The summed E-state index contributed by atoms with van der Waals surface area (Å²) in [6.45, 7) is 4.68. The highest BCUT2D eigenvalue weighted by Gasteiger charge is 2.07. The van der Waals surface area contributed by atoms with Gasteiger partial charge in [0.05, 0.1) is 6.42 Å². The molecule has 0 bridgehead atoms. The van der Waals surface area contributed by atoms with Crippen LogP contribution in [-0.4, -0.2) is 18.4 Å². The third kappa shape index (κ3) is 6.42. The predicted octanol–water partition coefficient (Wildman–Crippen LogP) is 3.89. The molecule has 132 valence electrons. The molecule has 0 aliphatic carbocycles. The Morgan fingerprint density at radius 3 is 2.28 bits per heavy atom. The maximum atomic E-state index is 12.0. The van der Waals surface area contributed by atoms with Crippen molar-refractivity contribution in [1.29, 1.82) is 0 Å². The molecule has 25 heavy (non-hydrogen) atoms. The van der Waals surface area contributed by atoms with Crippen molar-refractivity contribution in [3.8, 4) is 0 Å². The smallest absolute Gasteiger partial charge is 0.226 e. The topological polar surface area (TPSA) is 58.2 Å². The van der Waals surface area contributed by atoms with Gasteiger partial charge in [0.1, 0.15) is 0 Å². The second-order valence-electron chi connectivity index (χ2n) is 6.24. The number of hydrogen-bond donors (Lipinski definition) is 2. The van der Waals surface area contributed by atoms with Crippen LogP contribution in [0, 0.1) is 0 Å². The van der Waals surface area contributed by atoms with E-state index in [9.17, 15) is 9.59 Å². The number of anilines is 1. The Balaban J connectivity index is 1.71. The molecule has 0 spiro atoms. The molecule has 0 aromatic heterocycles. The molecule has 0 heterocycles. The Bertz CT molecular complexity index is 681. The molecule has 2 rings (SSSR count). The average molecular weight is 338 g/mol. The number of hydrogen-bond acceptors (Lipinski definition) is 2. The van der Waals surface area contributed by atoms with Crippen molar-refractivity contribution in [2.24, 2.45) is 0 Å². The molecule has 0 saturated heterocycles. The number of carbonyl (C=O) groups excluding carboxylic acids is 2. The first kappa shape index (κ1) is 18.7. The van der Waals surface area contributed by atoms with Crippen LogP contribution < -0.4 is 10.6 Å². The van der Waals surface area contributed by atoms with E-state index in [-0.39, 0.29) is 18.2 Å². The van der Waals surface area contributed by atoms with E-state index in [1.54, 1.807) is 0 Å². The van der Waals surface area contributed by atoms with Gasteiger partial charge in [-0.1, -0.05) is 56.3 Å².